The number of carbonyl (C=O) groups is 4. The lowest BCUT2D eigenvalue weighted by molar-refractivity contribution is -0.142. The van der Waals surface area contributed by atoms with E-state index in [1.165, 1.54) is 6.92 Å². The lowest BCUT2D eigenvalue weighted by atomic mass is 10.00. The summed E-state index contributed by atoms with van der Waals surface area (Å²) in [5, 5.41) is 27.2. The molecule has 3 aromatic rings. The molecule has 0 aromatic heterocycles. The van der Waals surface area contributed by atoms with Gasteiger partial charge in [-0.1, -0.05) is 72.8 Å². The first kappa shape index (κ1) is 31.9. The molecule has 222 valence electrons. The number of aliphatic hydroxyl groups is 1. The summed E-state index contributed by atoms with van der Waals surface area (Å²) in [6, 6.07) is 20.5. The molecule has 0 heterocycles. The van der Waals surface area contributed by atoms with Crippen LogP contribution in [-0.2, 0) is 32.0 Å². The fourth-order valence-corrected chi connectivity index (χ4v) is 4.22. The molecule has 3 aromatic carbocycles. The van der Waals surface area contributed by atoms with Crippen molar-refractivity contribution in [3.05, 3.63) is 102 Å². The third-order valence-electron chi connectivity index (χ3n) is 6.66. The molecule has 0 saturated heterocycles. The van der Waals surface area contributed by atoms with Crippen LogP contribution in [0.15, 0.2) is 84.9 Å². The van der Waals surface area contributed by atoms with Crippen LogP contribution in [0.3, 0.4) is 0 Å². The van der Waals surface area contributed by atoms with Crippen LogP contribution in [0.25, 0.3) is 0 Å². The maximum absolute atomic E-state index is 13.1. The number of hydrogen-bond acceptors (Lipinski definition) is 7. The number of aliphatic hydroxyl groups excluding tert-OH is 1. The van der Waals surface area contributed by atoms with Gasteiger partial charge in [0.25, 0.3) is 0 Å². The van der Waals surface area contributed by atoms with Crippen LogP contribution in [0.4, 0.5) is 5.69 Å². The van der Waals surface area contributed by atoms with Crippen LogP contribution in [0, 0.1) is 0 Å². The molecule has 0 aliphatic heterocycles. The minimum absolute atomic E-state index is 0.0872. The number of aliphatic carboxylic acids is 1. The molecular weight excluding hydrogens is 538 g/mol. The molecule has 0 aliphatic carbocycles. The Morgan fingerprint density at radius 2 is 1.31 bits per heavy atom. The molecule has 42 heavy (non-hydrogen) atoms. The third kappa shape index (κ3) is 9.81. The number of carboxylic acids is 1. The Labute approximate surface area is 244 Å². The molecule has 0 spiro atoms. The summed E-state index contributed by atoms with van der Waals surface area (Å²) < 4.78 is 0. The highest BCUT2D eigenvalue weighted by Crippen LogP contribution is 2.21. The molecule has 0 radical (unpaired) electrons. The van der Waals surface area contributed by atoms with E-state index in [9.17, 15) is 29.4 Å². The number of carbonyl (C=O) groups excluding carboxylic acids is 3. The van der Waals surface area contributed by atoms with Crippen LogP contribution < -0.4 is 27.4 Å². The minimum Gasteiger partial charge on any atom is -0.480 e. The SMILES string of the molecule is C[C@@H](O)[C@H](N)C(=O)Nc1ccc(C(CC(=O)N[C@@H](Cc2ccccc2)C(=O)O)NC(=O)[C@@H](N)Cc2ccccc2)cc1. The van der Waals surface area contributed by atoms with Gasteiger partial charge in [-0.2, -0.15) is 0 Å². The Morgan fingerprint density at radius 1 is 0.762 bits per heavy atom. The molecule has 11 heteroatoms. The van der Waals surface area contributed by atoms with E-state index in [2.05, 4.69) is 16.0 Å². The average Bonchev–Trinajstić information content (AvgIpc) is 2.97. The quantitative estimate of drug-likeness (QED) is 0.149. The molecule has 9 N–H and O–H groups in total. The first-order valence-electron chi connectivity index (χ1n) is 13.5. The van der Waals surface area contributed by atoms with Gasteiger partial charge < -0.3 is 37.6 Å². The molecule has 5 atom stereocenters. The summed E-state index contributed by atoms with van der Waals surface area (Å²) in [6.45, 7) is 1.41. The van der Waals surface area contributed by atoms with Crippen LogP contribution >= 0.6 is 0 Å². The van der Waals surface area contributed by atoms with E-state index >= 15 is 0 Å². The standard InChI is InChI=1S/C31H37N5O6/c1-19(37)28(33)30(40)34-23-14-12-22(13-15-23)25(36-29(39)24(32)16-20-8-4-2-5-9-20)18-27(38)35-26(31(41)42)17-21-10-6-3-7-11-21/h2-15,19,24-26,28,37H,16-18,32-33H2,1H3,(H,34,40)(H,35,38)(H,36,39)(H,41,42)/t19-,24+,25?,26+,28+/m1/s1. The second-order valence-corrected chi connectivity index (χ2v) is 10.1. The van der Waals surface area contributed by atoms with Gasteiger partial charge in [0.05, 0.1) is 24.6 Å². The molecule has 0 bridgehead atoms. The number of carboxylic acid groups (broad SMARTS) is 1. The molecular formula is C31H37N5O6. The van der Waals surface area contributed by atoms with Crippen molar-refractivity contribution >= 4 is 29.4 Å². The van der Waals surface area contributed by atoms with E-state index < -0.39 is 54.0 Å². The molecule has 0 saturated carbocycles. The van der Waals surface area contributed by atoms with Crippen molar-refractivity contribution in [3.63, 3.8) is 0 Å². The van der Waals surface area contributed by atoms with Crippen molar-refractivity contribution in [2.24, 2.45) is 11.5 Å². The summed E-state index contributed by atoms with van der Waals surface area (Å²) in [4.78, 5) is 50.3. The van der Waals surface area contributed by atoms with Gasteiger partial charge in [0, 0.05) is 12.1 Å². The van der Waals surface area contributed by atoms with Crippen molar-refractivity contribution in [1.29, 1.82) is 0 Å². The van der Waals surface area contributed by atoms with Crippen LogP contribution in [0.5, 0.6) is 0 Å². The zero-order chi connectivity index (χ0) is 30.6. The highest BCUT2D eigenvalue weighted by Gasteiger charge is 2.26. The second-order valence-electron chi connectivity index (χ2n) is 10.1. The third-order valence-corrected chi connectivity index (χ3v) is 6.66. The van der Waals surface area contributed by atoms with Crippen molar-refractivity contribution in [2.45, 2.75) is 56.5 Å². The van der Waals surface area contributed by atoms with Crippen molar-refractivity contribution in [1.82, 2.24) is 10.6 Å². The average molecular weight is 576 g/mol. The predicted molar refractivity (Wildman–Crippen MR) is 158 cm³/mol. The van der Waals surface area contributed by atoms with E-state index in [-0.39, 0.29) is 19.3 Å². The van der Waals surface area contributed by atoms with Gasteiger partial charge in [0.2, 0.25) is 17.7 Å². The highest BCUT2D eigenvalue weighted by atomic mass is 16.4. The summed E-state index contributed by atoms with van der Waals surface area (Å²) >= 11 is 0. The van der Waals surface area contributed by atoms with Crippen LogP contribution in [0.2, 0.25) is 0 Å². The maximum atomic E-state index is 13.1. The van der Waals surface area contributed by atoms with Crippen LogP contribution in [-0.4, -0.2) is 58.1 Å². The molecule has 1 unspecified atom stereocenters. The first-order valence-corrected chi connectivity index (χ1v) is 13.5. The van der Waals surface area contributed by atoms with Gasteiger partial charge in [-0.3, -0.25) is 14.4 Å². The Balaban J connectivity index is 1.76. The normalized spacial score (nSPS) is 14.5. The number of nitrogens with one attached hydrogen (secondary N) is 3. The summed E-state index contributed by atoms with van der Waals surface area (Å²) in [6.07, 6.45) is -0.942. The van der Waals surface area contributed by atoms with E-state index in [0.717, 1.165) is 11.1 Å². The summed E-state index contributed by atoms with van der Waals surface area (Å²) in [5.74, 6) is -2.84. The summed E-state index contributed by atoms with van der Waals surface area (Å²) in [7, 11) is 0. The number of hydrogen-bond donors (Lipinski definition) is 7. The largest absolute Gasteiger partial charge is 0.480 e. The Hall–Kier alpha value is -4.58. The van der Waals surface area contributed by atoms with Gasteiger partial charge in [-0.15, -0.1) is 0 Å². The van der Waals surface area contributed by atoms with Gasteiger partial charge in [0.15, 0.2) is 0 Å². The van der Waals surface area contributed by atoms with E-state index in [0.29, 0.717) is 11.3 Å². The molecule has 0 aliphatic rings. The maximum Gasteiger partial charge on any atom is 0.326 e. The number of amides is 3. The Bertz CT molecular complexity index is 1330. The number of rotatable bonds is 14. The number of nitrogens with two attached hydrogens (primary N) is 2. The van der Waals surface area contributed by atoms with Gasteiger partial charge in [-0.25, -0.2) is 4.79 Å². The lowest BCUT2D eigenvalue weighted by Gasteiger charge is -2.23. The molecule has 0 fully saturated rings. The van der Waals surface area contributed by atoms with E-state index in [1.807, 2.05) is 36.4 Å². The second kappa shape index (κ2) is 15.4. The van der Waals surface area contributed by atoms with Crippen molar-refractivity contribution in [2.75, 3.05) is 5.32 Å². The van der Waals surface area contributed by atoms with E-state index in [1.54, 1.807) is 48.5 Å². The zero-order valence-corrected chi connectivity index (χ0v) is 23.3. The molecule has 3 rings (SSSR count). The zero-order valence-electron chi connectivity index (χ0n) is 23.3. The van der Waals surface area contributed by atoms with Gasteiger partial charge in [0.1, 0.15) is 12.1 Å². The molecule has 3 amide bonds. The number of anilines is 1. The fraction of sp³-hybridized carbons (Fsp3) is 0.290. The smallest absolute Gasteiger partial charge is 0.326 e. The van der Waals surface area contributed by atoms with Crippen molar-refractivity contribution in [3.8, 4) is 0 Å². The van der Waals surface area contributed by atoms with Crippen molar-refractivity contribution < 1.29 is 29.4 Å². The Kier molecular flexibility index (Phi) is 11.7. The Morgan fingerprint density at radius 3 is 1.83 bits per heavy atom. The van der Waals surface area contributed by atoms with Crippen LogP contribution in [0.1, 0.15) is 36.1 Å². The fourth-order valence-electron chi connectivity index (χ4n) is 4.22. The summed E-state index contributed by atoms with van der Waals surface area (Å²) in [5.41, 5.74) is 14.4. The van der Waals surface area contributed by atoms with Gasteiger partial charge in [-0.05, 0) is 42.2 Å². The minimum atomic E-state index is -1.19. The molecule has 11 nitrogen and oxygen atoms in total. The van der Waals surface area contributed by atoms with E-state index in [4.69, 9.17) is 11.5 Å². The number of benzene rings is 3. The monoisotopic (exact) mass is 575 g/mol. The van der Waals surface area contributed by atoms with Gasteiger partial charge >= 0.3 is 5.97 Å². The first-order chi connectivity index (χ1) is 20.0. The lowest BCUT2D eigenvalue weighted by Crippen LogP contribution is -2.46. The topological polar surface area (TPSA) is 197 Å². The highest BCUT2D eigenvalue weighted by molar-refractivity contribution is 5.95. The predicted octanol–water partition coefficient (Wildman–Crippen LogP) is 1.26.